The quantitative estimate of drug-likeness (QED) is 0.807. The van der Waals surface area contributed by atoms with Crippen molar-refractivity contribution in [2.75, 3.05) is 5.32 Å². The number of primary sulfonamides is 1. The summed E-state index contributed by atoms with van der Waals surface area (Å²) in [6, 6.07) is 12.7. The van der Waals surface area contributed by atoms with E-state index in [1.165, 1.54) is 24.3 Å². The lowest BCUT2D eigenvalue weighted by Crippen LogP contribution is -2.30. The molecule has 2 aromatic rings. The average molecular weight is 399 g/mol. The number of nitrogens with one attached hydrogen (secondary N) is 1. The van der Waals surface area contributed by atoms with Gasteiger partial charge in [-0.2, -0.15) is 0 Å². The molecular formula is C15H15BrN2O4S. The summed E-state index contributed by atoms with van der Waals surface area (Å²) in [7, 11) is -3.75. The van der Waals surface area contributed by atoms with E-state index in [1.54, 1.807) is 25.1 Å². The molecule has 1 amide bonds. The van der Waals surface area contributed by atoms with Crippen LogP contribution in [0.4, 0.5) is 5.69 Å². The number of sulfonamides is 1. The molecule has 0 unspecified atom stereocenters. The van der Waals surface area contributed by atoms with Crippen molar-refractivity contribution in [2.45, 2.75) is 17.9 Å². The van der Waals surface area contributed by atoms with Crippen LogP contribution >= 0.6 is 15.9 Å². The molecule has 8 heteroatoms. The minimum atomic E-state index is -3.75. The Balaban J connectivity index is 2.01. The third-order valence-corrected chi connectivity index (χ3v) is 4.35. The Labute approximate surface area is 142 Å². The van der Waals surface area contributed by atoms with Crippen LogP contribution in [0.2, 0.25) is 0 Å². The van der Waals surface area contributed by atoms with Crippen LogP contribution in [0.3, 0.4) is 0 Å². The summed E-state index contributed by atoms with van der Waals surface area (Å²) < 4.78 is 28.7. The number of carbonyl (C=O) groups excluding carboxylic acids is 1. The van der Waals surface area contributed by atoms with Gasteiger partial charge in [0.05, 0.1) is 4.90 Å². The van der Waals surface area contributed by atoms with Crippen LogP contribution in [0, 0.1) is 0 Å². The molecule has 23 heavy (non-hydrogen) atoms. The molecular weight excluding hydrogens is 384 g/mol. The third kappa shape index (κ3) is 5.05. The summed E-state index contributed by atoms with van der Waals surface area (Å²) in [4.78, 5) is 12.1. The van der Waals surface area contributed by atoms with Gasteiger partial charge in [0.2, 0.25) is 10.0 Å². The Morgan fingerprint density at radius 3 is 2.43 bits per heavy atom. The van der Waals surface area contributed by atoms with Gasteiger partial charge in [0, 0.05) is 10.2 Å². The number of hydrogen-bond donors (Lipinski definition) is 2. The first-order valence-electron chi connectivity index (χ1n) is 6.61. The maximum Gasteiger partial charge on any atom is 0.265 e. The molecule has 0 heterocycles. The van der Waals surface area contributed by atoms with Crippen LogP contribution in [-0.2, 0) is 14.8 Å². The summed E-state index contributed by atoms with van der Waals surface area (Å²) in [6.45, 7) is 1.62. The predicted molar refractivity (Wildman–Crippen MR) is 90.7 cm³/mol. The molecule has 1 atom stereocenters. The van der Waals surface area contributed by atoms with Gasteiger partial charge in [-0.3, -0.25) is 4.79 Å². The summed E-state index contributed by atoms with van der Waals surface area (Å²) in [6.07, 6.45) is -0.720. The smallest absolute Gasteiger partial charge is 0.265 e. The van der Waals surface area contributed by atoms with Crippen molar-refractivity contribution in [1.82, 2.24) is 0 Å². The van der Waals surface area contributed by atoms with Gasteiger partial charge in [-0.1, -0.05) is 22.0 Å². The van der Waals surface area contributed by atoms with E-state index in [0.29, 0.717) is 11.4 Å². The number of hydrogen-bond acceptors (Lipinski definition) is 4. The van der Waals surface area contributed by atoms with Crippen molar-refractivity contribution < 1.29 is 17.9 Å². The number of rotatable bonds is 5. The molecule has 3 N–H and O–H groups in total. The Bertz CT molecular complexity index is 806. The van der Waals surface area contributed by atoms with E-state index in [1.807, 2.05) is 6.07 Å². The van der Waals surface area contributed by atoms with E-state index >= 15 is 0 Å². The first-order chi connectivity index (χ1) is 10.8. The normalized spacial score (nSPS) is 12.5. The minimum Gasteiger partial charge on any atom is -0.481 e. The largest absolute Gasteiger partial charge is 0.481 e. The molecule has 0 spiro atoms. The fourth-order valence-corrected chi connectivity index (χ4v) is 2.66. The third-order valence-electron chi connectivity index (χ3n) is 2.93. The molecule has 0 radical (unpaired) electrons. The van der Waals surface area contributed by atoms with Gasteiger partial charge in [0.1, 0.15) is 5.75 Å². The van der Waals surface area contributed by atoms with Crippen molar-refractivity contribution in [3.8, 4) is 5.75 Å². The summed E-state index contributed by atoms with van der Waals surface area (Å²) in [5, 5.41) is 7.66. The standard InChI is InChI=1S/C15H15BrN2O4S/c1-10(22-13-4-2-3-11(16)9-13)15(19)18-12-5-7-14(8-6-12)23(17,20)21/h2-10H,1H3,(H,18,19)(H2,17,20,21)/t10-/m0/s1. The molecule has 2 rings (SSSR count). The second-order valence-corrected chi connectivity index (χ2v) is 7.25. The maximum absolute atomic E-state index is 12.1. The predicted octanol–water partition coefficient (Wildman–Crippen LogP) is 2.50. The van der Waals surface area contributed by atoms with Gasteiger partial charge >= 0.3 is 0 Å². The minimum absolute atomic E-state index is 0.0195. The highest BCUT2D eigenvalue weighted by atomic mass is 79.9. The highest BCUT2D eigenvalue weighted by Crippen LogP contribution is 2.19. The summed E-state index contributed by atoms with van der Waals surface area (Å²) in [5.41, 5.74) is 0.451. The summed E-state index contributed by atoms with van der Waals surface area (Å²) in [5.74, 6) is 0.208. The second kappa shape index (κ2) is 7.12. The maximum atomic E-state index is 12.1. The lowest BCUT2D eigenvalue weighted by molar-refractivity contribution is -0.122. The first-order valence-corrected chi connectivity index (χ1v) is 8.95. The Morgan fingerprint density at radius 2 is 1.87 bits per heavy atom. The molecule has 0 saturated heterocycles. The number of nitrogens with two attached hydrogens (primary N) is 1. The topological polar surface area (TPSA) is 98.5 Å². The number of halogens is 1. The number of anilines is 1. The Morgan fingerprint density at radius 1 is 1.22 bits per heavy atom. The molecule has 0 aliphatic rings. The summed E-state index contributed by atoms with van der Waals surface area (Å²) >= 11 is 3.33. The molecule has 0 bridgehead atoms. The van der Waals surface area contributed by atoms with Crippen LogP contribution in [0.25, 0.3) is 0 Å². The zero-order chi connectivity index (χ0) is 17.0. The Kier molecular flexibility index (Phi) is 5.40. The van der Waals surface area contributed by atoms with E-state index in [9.17, 15) is 13.2 Å². The average Bonchev–Trinajstić information content (AvgIpc) is 2.46. The zero-order valence-electron chi connectivity index (χ0n) is 12.2. The zero-order valence-corrected chi connectivity index (χ0v) is 14.6. The van der Waals surface area contributed by atoms with Crippen LogP contribution in [-0.4, -0.2) is 20.4 Å². The fraction of sp³-hybridized carbons (Fsp3) is 0.133. The van der Waals surface area contributed by atoms with E-state index < -0.39 is 16.1 Å². The molecule has 6 nitrogen and oxygen atoms in total. The van der Waals surface area contributed by atoms with Gasteiger partial charge in [0.15, 0.2) is 6.10 Å². The van der Waals surface area contributed by atoms with Crippen LogP contribution in [0.1, 0.15) is 6.92 Å². The van der Waals surface area contributed by atoms with E-state index in [-0.39, 0.29) is 10.8 Å². The van der Waals surface area contributed by atoms with E-state index in [4.69, 9.17) is 9.88 Å². The van der Waals surface area contributed by atoms with Gasteiger partial charge in [0.25, 0.3) is 5.91 Å². The van der Waals surface area contributed by atoms with Crippen LogP contribution in [0.5, 0.6) is 5.75 Å². The van der Waals surface area contributed by atoms with Crippen molar-refractivity contribution in [2.24, 2.45) is 5.14 Å². The molecule has 0 aliphatic heterocycles. The first kappa shape index (κ1) is 17.5. The van der Waals surface area contributed by atoms with Crippen molar-refractivity contribution in [3.63, 3.8) is 0 Å². The number of ether oxygens (including phenoxy) is 1. The van der Waals surface area contributed by atoms with Crippen molar-refractivity contribution in [3.05, 3.63) is 53.0 Å². The highest BCUT2D eigenvalue weighted by Gasteiger charge is 2.15. The number of amides is 1. The fourth-order valence-electron chi connectivity index (χ4n) is 1.77. The van der Waals surface area contributed by atoms with E-state index in [2.05, 4.69) is 21.2 Å². The monoisotopic (exact) mass is 398 g/mol. The van der Waals surface area contributed by atoms with E-state index in [0.717, 1.165) is 4.47 Å². The lowest BCUT2D eigenvalue weighted by Gasteiger charge is -2.15. The van der Waals surface area contributed by atoms with Crippen molar-refractivity contribution >= 4 is 37.5 Å². The van der Waals surface area contributed by atoms with Crippen molar-refractivity contribution in [1.29, 1.82) is 0 Å². The second-order valence-electron chi connectivity index (χ2n) is 4.78. The molecule has 122 valence electrons. The van der Waals surface area contributed by atoms with Gasteiger partial charge in [-0.15, -0.1) is 0 Å². The number of carbonyl (C=O) groups is 1. The van der Waals surface area contributed by atoms with Gasteiger partial charge in [-0.05, 0) is 49.4 Å². The molecule has 0 saturated carbocycles. The van der Waals surface area contributed by atoms with Gasteiger partial charge in [-0.25, -0.2) is 13.6 Å². The lowest BCUT2D eigenvalue weighted by atomic mass is 10.3. The highest BCUT2D eigenvalue weighted by molar-refractivity contribution is 9.10. The molecule has 0 aromatic heterocycles. The Hall–Kier alpha value is -1.90. The molecule has 2 aromatic carbocycles. The molecule has 0 aliphatic carbocycles. The van der Waals surface area contributed by atoms with Crippen LogP contribution < -0.4 is 15.2 Å². The van der Waals surface area contributed by atoms with Crippen LogP contribution in [0.15, 0.2) is 57.9 Å². The number of benzene rings is 2. The van der Waals surface area contributed by atoms with Gasteiger partial charge < -0.3 is 10.1 Å². The SMILES string of the molecule is C[C@H](Oc1cccc(Br)c1)C(=O)Nc1ccc(S(N)(=O)=O)cc1. The molecule has 0 fully saturated rings.